The number of hydrogen-bond donors (Lipinski definition) is 1. The summed E-state index contributed by atoms with van der Waals surface area (Å²) in [6.45, 7) is 5.57. The molecule has 1 aliphatic carbocycles. The van der Waals surface area contributed by atoms with Crippen molar-refractivity contribution >= 4 is 17.5 Å². The first-order chi connectivity index (χ1) is 15.0. The van der Waals surface area contributed by atoms with Crippen LogP contribution >= 0.6 is 0 Å². The fraction of sp³-hybridized carbons (Fsp3) is 0.542. The molecule has 0 radical (unpaired) electrons. The van der Waals surface area contributed by atoms with Gasteiger partial charge in [0.2, 0.25) is 11.8 Å². The molecule has 1 aromatic heterocycles. The molecule has 7 heteroatoms. The second-order valence-corrected chi connectivity index (χ2v) is 9.02. The molecule has 2 aliphatic heterocycles. The van der Waals surface area contributed by atoms with Crippen LogP contribution in [0.5, 0.6) is 5.75 Å². The van der Waals surface area contributed by atoms with Crippen molar-refractivity contribution in [1.82, 2.24) is 15.1 Å². The molecule has 2 amide bonds. The van der Waals surface area contributed by atoms with Crippen LogP contribution in [0.3, 0.4) is 0 Å². The Balaban J connectivity index is 1.52. The summed E-state index contributed by atoms with van der Waals surface area (Å²) in [5, 5.41) is 7.51. The number of nitrogens with one attached hydrogen (secondary N) is 1. The van der Waals surface area contributed by atoms with Crippen LogP contribution in [0.15, 0.2) is 18.3 Å². The summed E-state index contributed by atoms with van der Waals surface area (Å²) in [6, 6.07) is 4.30. The zero-order chi connectivity index (χ0) is 21.5. The first-order valence-corrected chi connectivity index (χ1v) is 11.4. The number of fused-ring (bicyclic) bond motifs is 1. The van der Waals surface area contributed by atoms with Gasteiger partial charge in [-0.25, -0.2) is 0 Å². The fourth-order valence-corrected chi connectivity index (χ4v) is 5.05. The highest BCUT2D eigenvalue weighted by Gasteiger charge is 2.33. The van der Waals surface area contributed by atoms with E-state index in [0.717, 1.165) is 53.9 Å². The Bertz CT molecular complexity index is 1010. The molecule has 1 atom stereocenters. The summed E-state index contributed by atoms with van der Waals surface area (Å²) in [5.74, 6) is 1.64. The Morgan fingerprint density at radius 3 is 2.77 bits per heavy atom. The number of carbonyl (C=O) groups excluding carboxylic acids is 2. The molecule has 2 fully saturated rings. The number of anilines is 1. The lowest BCUT2D eigenvalue weighted by Crippen LogP contribution is -2.41. The van der Waals surface area contributed by atoms with E-state index in [2.05, 4.69) is 29.3 Å². The van der Waals surface area contributed by atoms with Crippen molar-refractivity contribution in [3.05, 3.63) is 29.6 Å². The fourth-order valence-electron chi connectivity index (χ4n) is 5.05. The lowest BCUT2D eigenvalue weighted by atomic mass is 9.91. The van der Waals surface area contributed by atoms with Crippen LogP contribution in [0, 0.1) is 0 Å². The normalized spacial score (nSPS) is 20.8. The topological polar surface area (TPSA) is 78.5 Å². The van der Waals surface area contributed by atoms with Crippen molar-refractivity contribution in [2.45, 2.75) is 64.3 Å². The molecule has 1 saturated heterocycles. The molecule has 1 N–H and O–H groups in total. The summed E-state index contributed by atoms with van der Waals surface area (Å²) in [4.78, 5) is 28.2. The highest BCUT2D eigenvalue weighted by atomic mass is 16.5. The molecule has 31 heavy (non-hydrogen) atoms. The average molecular weight is 423 g/mol. The van der Waals surface area contributed by atoms with Gasteiger partial charge in [0.05, 0.1) is 18.4 Å². The van der Waals surface area contributed by atoms with Gasteiger partial charge in [0.25, 0.3) is 0 Å². The van der Waals surface area contributed by atoms with Gasteiger partial charge in [0.1, 0.15) is 12.4 Å². The number of nitrogens with zero attached hydrogens (tertiary/aromatic N) is 3. The van der Waals surface area contributed by atoms with Crippen molar-refractivity contribution in [2.24, 2.45) is 0 Å². The number of rotatable bonds is 6. The molecule has 2 aromatic rings. The number of aromatic nitrogens is 2. The Kier molecular flexibility index (Phi) is 5.20. The Labute approximate surface area is 182 Å². The number of benzene rings is 1. The van der Waals surface area contributed by atoms with Gasteiger partial charge in [-0.1, -0.05) is 0 Å². The molecule has 5 rings (SSSR count). The predicted molar refractivity (Wildman–Crippen MR) is 118 cm³/mol. The molecule has 0 spiro atoms. The van der Waals surface area contributed by atoms with Crippen molar-refractivity contribution < 1.29 is 14.3 Å². The lowest BCUT2D eigenvalue weighted by molar-refractivity contribution is -0.128. The Morgan fingerprint density at radius 1 is 1.23 bits per heavy atom. The third-order valence-electron chi connectivity index (χ3n) is 6.81. The minimum atomic E-state index is 0.0526. The Morgan fingerprint density at radius 2 is 2.06 bits per heavy atom. The van der Waals surface area contributed by atoms with E-state index in [9.17, 15) is 9.59 Å². The smallest absolute Gasteiger partial charge is 0.224 e. The monoisotopic (exact) mass is 422 g/mol. The van der Waals surface area contributed by atoms with E-state index < -0.39 is 0 Å². The summed E-state index contributed by atoms with van der Waals surface area (Å²) in [6.07, 6.45) is 7.58. The van der Waals surface area contributed by atoms with Crippen molar-refractivity contribution in [2.75, 3.05) is 24.6 Å². The third-order valence-corrected chi connectivity index (χ3v) is 6.81. The number of carbonyl (C=O) groups is 2. The highest BCUT2D eigenvalue weighted by Crippen LogP contribution is 2.48. The van der Waals surface area contributed by atoms with Gasteiger partial charge in [-0.15, -0.1) is 0 Å². The summed E-state index contributed by atoms with van der Waals surface area (Å²) in [7, 11) is 0. The second kappa shape index (κ2) is 8.02. The van der Waals surface area contributed by atoms with E-state index in [1.807, 2.05) is 16.0 Å². The minimum absolute atomic E-state index is 0.0526. The van der Waals surface area contributed by atoms with Gasteiger partial charge < -0.3 is 14.5 Å². The Hall–Kier alpha value is -2.83. The molecule has 1 saturated carbocycles. The number of H-pyrrole nitrogens is 1. The third kappa shape index (κ3) is 3.70. The maximum absolute atomic E-state index is 12.4. The van der Waals surface area contributed by atoms with E-state index in [1.54, 1.807) is 6.92 Å². The highest BCUT2D eigenvalue weighted by molar-refractivity contribution is 5.95. The van der Waals surface area contributed by atoms with Crippen LogP contribution in [0.1, 0.15) is 63.1 Å². The quantitative estimate of drug-likeness (QED) is 0.771. The lowest BCUT2D eigenvalue weighted by Gasteiger charge is -2.36. The van der Waals surface area contributed by atoms with Crippen LogP contribution < -0.4 is 9.64 Å². The zero-order valence-electron chi connectivity index (χ0n) is 18.3. The van der Waals surface area contributed by atoms with E-state index in [-0.39, 0.29) is 17.9 Å². The number of likely N-dealkylation sites (tertiary alicyclic amines) is 1. The zero-order valence-corrected chi connectivity index (χ0v) is 18.3. The van der Waals surface area contributed by atoms with Gasteiger partial charge in [-0.05, 0) is 51.2 Å². The van der Waals surface area contributed by atoms with E-state index in [0.29, 0.717) is 25.5 Å². The summed E-state index contributed by atoms with van der Waals surface area (Å²) >= 11 is 0. The standard InChI is InChI=1S/C24H30N4O3/c1-15-5-8-19-21(28(15)16(2)29)10-9-18(20-14-25-26-23(20)17-6-7-17)24(19)31-13-12-27-11-3-4-22(27)30/h9-10,14-15,17H,3-8,11-13H2,1-2H3,(H,25,26)/t15-/m0/s1. The first kappa shape index (κ1) is 20.1. The SMILES string of the molecule is CC(=O)N1c2ccc(-c3cn[nH]c3C3CC3)c(OCCN3CCCC3=O)c2CC[C@@H]1C. The molecule has 0 bridgehead atoms. The molecular formula is C24H30N4O3. The van der Waals surface area contributed by atoms with Gasteiger partial charge >= 0.3 is 0 Å². The molecule has 0 unspecified atom stereocenters. The second-order valence-electron chi connectivity index (χ2n) is 9.02. The van der Waals surface area contributed by atoms with Crippen LogP contribution in [0.2, 0.25) is 0 Å². The van der Waals surface area contributed by atoms with E-state index >= 15 is 0 Å². The molecule has 7 nitrogen and oxygen atoms in total. The van der Waals surface area contributed by atoms with Crippen molar-refractivity contribution in [3.8, 4) is 16.9 Å². The number of hydrogen-bond acceptors (Lipinski definition) is 4. The predicted octanol–water partition coefficient (Wildman–Crippen LogP) is 3.64. The number of ether oxygens (including phenoxy) is 1. The maximum atomic E-state index is 12.4. The van der Waals surface area contributed by atoms with Crippen LogP contribution in [-0.2, 0) is 16.0 Å². The van der Waals surface area contributed by atoms with Crippen LogP contribution in [0.4, 0.5) is 5.69 Å². The van der Waals surface area contributed by atoms with Gasteiger partial charge in [0, 0.05) is 54.2 Å². The average Bonchev–Trinajstić information content (AvgIpc) is 3.33. The van der Waals surface area contributed by atoms with Crippen LogP contribution in [0.25, 0.3) is 11.1 Å². The molecule has 3 heterocycles. The van der Waals surface area contributed by atoms with Crippen LogP contribution in [-0.4, -0.2) is 52.6 Å². The van der Waals surface area contributed by atoms with E-state index in [4.69, 9.17) is 4.74 Å². The van der Waals surface area contributed by atoms with Gasteiger partial charge in [-0.2, -0.15) is 5.10 Å². The van der Waals surface area contributed by atoms with Gasteiger partial charge in [-0.3, -0.25) is 14.7 Å². The summed E-state index contributed by atoms with van der Waals surface area (Å²) < 4.78 is 6.41. The minimum Gasteiger partial charge on any atom is -0.491 e. The van der Waals surface area contributed by atoms with Gasteiger partial charge in [0.15, 0.2) is 0 Å². The molecule has 164 valence electrons. The number of aromatic amines is 1. The van der Waals surface area contributed by atoms with Crippen molar-refractivity contribution in [3.63, 3.8) is 0 Å². The molecule has 3 aliphatic rings. The molecular weight excluding hydrogens is 392 g/mol. The first-order valence-electron chi connectivity index (χ1n) is 11.4. The molecule has 1 aromatic carbocycles. The number of amides is 2. The maximum Gasteiger partial charge on any atom is 0.224 e. The summed E-state index contributed by atoms with van der Waals surface area (Å²) in [5.41, 5.74) is 5.32. The van der Waals surface area contributed by atoms with Crippen molar-refractivity contribution in [1.29, 1.82) is 0 Å². The largest absolute Gasteiger partial charge is 0.491 e. The van der Waals surface area contributed by atoms with E-state index in [1.165, 1.54) is 18.5 Å².